The maximum absolute atomic E-state index is 13.4. The molecule has 3 N–H and O–H groups in total. The van der Waals surface area contributed by atoms with Crippen LogP contribution in [-0.2, 0) is 6.18 Å². The van der Waals surface area contributed by atoms with Crippen molar-refractivity contribution in [1.82, 2.24) is 15.3 Å². The molecule has 0 fully saturated rings. The van der Waals surface area contributed by atoms with Crippen molar-refractivity contribution in [2.24, 2.45) is 0 Å². The summed E-state index contributed by atoms with van der Waals surface area (Å²) in [7, 11) is 1.32. The zero-order chi connectivity index (χ0) is 21.9. The van der Waals surface area contributed by atoms with E-state index in [9.17, 15) is 22.4 Å². The van der Waals surface area contributed by atoms with Crippen LogP contribution in [0.4, 0.5) is 29.2 Å². The summed E-state index contributed by atoms with van der Waals surface area (Å²) in [4.78, 5) is 19.6. The van der Waals surface area contributed by atoms with Gasteiger partial charge in [-0.15, -0.1) is 0 Å². The van der Waals surface area contributed by atoms with Crippen LogP contribution in [0.1, 0.15) is 16.1 Å². The number of methoxy groups -OCH3 is 1. The summed E-state index contributed by atoms with van der Waals surface area (Å²) >= 11 is 0. The Morgan fingerprint density at radius 3 is 2.60 bits per heavy atom. The van der Waals surface area contributed by atoms with E-state index >= 15 is 0 Å². The summed E-state index contributed by atoms with van der Waals surface area (Å²) < 4.78 is 58.8. The molecule has 1 aromatic heterocycles. The fourth-order valence-corrected chi connectivity index (χ4v) is 2.72. The van der Waals surface area contributed by atoms with Crippen LogP contribution in [0, 0.1) is 5.82 Å². The van der Waals surface area contributed by atoms with E-state index in [1.165, 1.54) is 25.3 Å². The molecule has 0 saturated heterocycles. The third-order valence-electron chi connectivity index (χ3n) is 4.03. The lowest BCUT2D eigenvalue weighted by Gasteiger charge is -2.14. The molecule has 1 amide bonds. The minimum atomic E-state index is -4.82. The number of aliphatic hydroxyl groups excluding tert-OH is 1. The van der Waals surface area contributed by atoms with Gasteiger partial charge in [0.1, 0.15) is 11.6 Å². The number of hydrogen-bond donors (Lipinski definition) is 3. The number of benzene rings is 2. The summed E-state index contributed by atoms with van der Waals surface area (Å²) in [5.41, 5.74) is -0.933. The quantitative estimate of drug-likeness (QED) is 0.526. The van der Waals surface area contributed by atoms with Crippen LogP contribution in [0.3, 0.4) is 0 Å². The maximum Gasteiger partial charge on any atom is 0.434 e. The SMILES string of the molecule is COc1cc(Nc2nc(C(F)(F)F)c3cc(F)ccc3n2)ccc1C(=O)NCCO. The maximum atomic E-state index is 13.4. The summed E-state index contributed by atoms with van der Waals surface area (Å²) in [6.07, 6.45) is -4.82. The molecule has 0 aliphatic heterocycles. The molecule has 3 aromatic rings. The van der Waals surface area contributed by atoms with Gasteiger partial charge < -0.3 is 20.5 Å². The molecule has 30 heavy (non-hydrogen) atoms. The summed E-state index contributed by atoms with van der Waals surface area (Å²) in [6, 6.07) is 7.07. The molecule has 3 rings (SSSR count). The van der Waals surface area contributed by atoms with Crippen molar-refractivity contribution in [1.29, 1.82) is 0 Å². The van der Waals surface area contributed by atoms with Crippen LogP contribution in [0.25, 0.3) is 10.9 Å². The molecule has 0 unspecified atom stereocenters. The summed E-state index contributed by atoms with van der Waals surface area (Å²) in [5.74, 6) is -1.54. The Morgan fingerprint density at radius 2 is 1.93 bits per heavy atom. The van der Waals surface area contributed by atoms with Crippen molar-refractivity contribution in [3.05, 3.63) is 53.5 Å². The Hall–Kier alpha value is -3.47. The standard InChI is InChI=1S/C19H16F4N4O3/c1-30-15-9-11(3-4-12(15)17(29)24-6-7-28)25-18-26-14-5-2-10(20)8-13(14)16(27-18)19(21,22)23/h2-5,8-9,28H,6-7H2,1H3,(H,24,29)(H,25,26,27). The first-order valence-corrected chi connectivity index (χ1v) is 8.61. The van der Waals surface area contributed by atoms with Gasteiger partial charge in [0, 0.05) is 23.7 Å². The van der Waals surface area contributed by atoms with Crippen molar-refractivity contribution >= 4 is 28.4 Å². The molecule has 158 valence electrons. The first kappa shape index (κ1) is 21.2. The molecule has 7 nitrogen and oxygen atoms in total. The van der Waals surface area contributed by atoms with Gasteiger partial charge in [-0.1, -0.05) is 0 Å². The summed E-state index contributed by atoms with van der Waals surface area (Å²) in [5, 5.41) is 13.5. The van der Waals surface area contributed by atoms with E-state index in [1.54, 1.807) is 0 Å². The van der Waals surface area contributed by atoms with Gasteiger partial charge in [-0.05, 0) is 30.3 Å². The topological polar surface area (TPSA) is 96.4 Å². The van der Waals surface area contributed by atoms with Crippen molar-refractivity contribution < 1.29 is 32.2 Å². The number of aliphatic hydroxyl groups is 1. The number of aromatic nitrogens is 2. The number of amides is 1. The molecule has 11 heteroatoms. The highest BCUT2D eigenvalue weighted by Gasteiger charge is 2.35. The van der Waals surface area contributed by atoms with Gasteiger partial charge in [0.05, 0.1) is 24.8 Å². The van der Waals surface area contributed by atoms with E-state index in [-0.39, 0.29) is 41.6 Å². The average Bonchev–Trinajstić information content (AvgIpc) is 2.70. The first-order chi connectivity index (χ1) is 14.2. The number of hydrogen-bond acceptors (Lipinski definition) is 6. The zero-order valence-corrected chi connectivity index (χ0v) is 15.5. The number of alkyl halides is 3. The minimum Gasteiger partial charge on any atom is -0.496 e. The molecule has 2 aromatic carbocycles. The number of carbonyl (C=O) groups excluding carboxylic acids is 1. The summed E-state index contributed by atoms with van der Waals surface area (Å²) in [6.45, 7) is -0.188. The number of nitrogens with zero attached hydrogens (tertiary/aromatic N) is 2. The van der Waals surface area contributed by atoms with E-state index in [0.29, 0.717) is 0 Å². The van der Waals surface area contributed by atoms with Gasteiger partial charge in [-0.2, -0.15) is 13.2 Å². The Kier molecular flexibility index (Phi) is 6.01. The van der Waals surface area contributed by atoms with Gasteiger partial charge in [-0.25, -0.2) is 14.4 Å². The third kappa shape index (κ3) is 4.57. The van der Waals surface area contributed by atoms with Crippen molar-refractivity contribution in [2.75, 3.05) is 25.6 Å². The van der Waals surface area contributed by atoms with Gasteiger partial charge >= 0.3 is 6.18 Å². The second kappa shape index (κ2) is 8.49. The lowest BCUT2D eigenvalue weighted by molar-refractivity contribution is -0.139. The van der Waals surface area contributed by atoms with Crippen LogP contribution < -0.4 is 15.4 Å². The van der Waals surface area contributed by atoms with Crippen LogP contribution in [0.5, 0.6) is 5.75 Å². The number of halogens is 4. The van der Waals surface area contributed by atoms with E-state index in [2.05, 4.69) is 20.6 Å². The number of nitrogens with one attached hydrogen (secondary N) is 2. The fraction of sp³-hybridized carbons (Fsp3) is 0.211. The van der Waals surface area contributed by atoms with Crippen LogP contribution in [0.2, 0.25) is 0 Å². The smallest absolute Gasteiger partial charge is 0.434 e. The largest absolute Gasteiger partial charge is 0.496 e. The molecular weight excluding hydrogens is 408 g/mol. The molecule has 0 atom stereocenters. The van der Waals surface area contributed by atoms with E-state index in [1.807, 2.05) is 0 Å². The molecule has 0 radical (unpaired) electrons. The lowest BCUT2D eigenvalue weighted by atomic mass is 10.1. The number of carbonyl (C=O) groups is 1. The van der Waals surface area contributed by atoms with Crippen LogP contribution in [0.15, 0.2) is 36.4 Å². The van der Waals surface area contributed by atoms with Gasteiger partial charge in [0.2, 0.25) is 5.95 Å². The van der Waals surface area contributed by atoms with E-state index in [0.717, 1.165) is 18.2 Å². The molecular formula is C19H16F4N4O3. The molecule has 0 bridgehead atoms. The zero-order valence-electron chi connectivity index (χ0n) is 15.5. The van der Waals surface area contributed by atoms with Crippen molar-refractivity contribution in [3.8, 4) is 5.75 Å². The lowest BCUT2D eigenvalue weighted by Crippen LogP contribution is -2.26. The monoisotopic (exact) mass is 424 g/mol. The van der Waals surface area contributed by atoms with Crippen LogP contribution >= 0.6 is 0 Å². The Balaban J connectivity index is 1.98. The predicted molar refractivity (Wildman–Crippen MR) is 100 cm³/mol. The predicted octanol–water partition coefficient (Wildman–Crippen LogP) is 3.26. The third-order valence-corrected chi connectivity index (χ3v) is 4.03. The molecule has 1 heterocycles. The minimum absolute atomic E-state index is 0.0493. The van der Waals surface area contributed by atoms with Crippen molar-refractivity contribution in [2.45, 2.75) is 6.18 Å². The Bertz CT molecular complexity index is 1090. The molecule has 0 spiro atoms. The average molecular weight is 424 g/mol. The van der Waals surface area contributed by atoms with E-state index < -0.39 is 29.0 Å². The highest BCUT2D eigenvalue weighted by Crippen LogP contribution is 2.34. The molecule has 0 saturated carbocycles. The number of rotatable bonds is 6. The normalized spacial score (nSPS) is 11.4. The molecule has 0 aliphatic rings. The van der Waals surface area contributed by atoms with Gasteiger partial charge in [-0.3, -0.25) is 4.79 Å². The number of fused-ring (bicyclic) bond motifs is 1. The second-order valence-corrected chi connectivity index (χ2v) is 6.07. The fourth-order valence-electron chi connectivity index (χ4n) is 2.72. The van der Waals surface area contributed by atoms with E-state index in [4.69, 9.17) is 9.84 Å². The highest BCUT2D eigenvalue weighted by atomic mass is 19.4. The van der Waals surface area contributed by atoms with Gasteiger partial charge in [0.25, 0.3) is 5.91 Å². The van der Waals surface area contributed by atoms with Crippen molar-refractivity contribution in [3.63, 3.8) is 0 Å². The number of anilines is 2. The highest BCUT2D eigenvalue weighted by molar-refractivity contribution is 5.97. The van der Waals surface area contributed by atoms with Gasteiger partial charge in [0.15, 0.2) is 5.69 Å². The Labute approximate surface area is 167 Å². The Morgan fingerprint density at radius 1 is 1.17 bits per heavy atom. The first-order valence-electron chi connectivity index (χ1n) is 8.61. The molecule has 0 aliphatic carbocycles. The van der Waals surface area contributed by atoms with Crippen LogP contribution in [-0.4, -0.2) is 41.2 Å². The second-order valence-electron chi connectivity index (χ2n) is 6.07. The number of ether oxygens (including phenoxy) is 1.